The van der Waals surface area contributed by atoms with Gasteiger partial charge < -0.3 is 10.1 Å². The van der Waals surface area contributed by atoms with E-state index in [-0.39, 0.29) is 18.8 Å². The molecule has 0 aliphatic rings. The van der Waals surface area contributed by atoms with E-state index in [1.54, 1.807) is 6.07 Å². The summed E-state index contributed by atoms with van der Waals surface area (Å²) in [5, 5.41) is 4.64. The lowest BCUT2D eigenvalue weighted by atomic mass is 10.2. The third-order valence-electron chi connectivity index (χ3n) is 3.22. The fourth-order valence-electron chi connectivity index (χ4n) is 1.96. The molecule has 27 heavy (non-hydrogen) atoms. The van der Waals surface area contributed by atoms with Crippen LogP contribution < -0.4 is 26.2 Å². The van der Waals surface area contributed by atoms with E-state index in [0.29, 0.717) is 0 Å². The predicted octanol–water partition coefficient (Wildman–Crippen LogP) is 0.851. The van der Waals surface area contributed by atoms with Gasteiger partial charge >= 0.3 is 6.03 Å². The molecule has 4 N–H and O–H groups in total. The van der Waals surface area contributed by atoms with E-state index >= 15 is 0 Å². The van der Waals surface area contributed by atoms with Crippen LogP contribution in [0.25, 0.3) is 0 Å². The number of carbonyl (C=O) groups excluding carboxylic acids is 3. The molecule has 0 fully saturated rings. The Labute approximate surface area is 155 Å². The molecule has 0 aromatic heterocycles. The lowest BCUT2D eigenvalue weighted by Crippen LogP contribution is -2.48. The van der Waals surface area contributed by atoms with Crippen LogP contribution in [0.2, 0.25) is 0 Å². The Kier molecular flexibility index (Phi) is 7.73. The molecule has 0 saturated carbocycles. The van der Waals surface area contributed by atoms with Crippen molar-refractivity contribution in [2.24, 2.45) is 0 Å². The molecule has 0 heterocycles. The van der Waals surface area contributed by atoms with Gasteiger partial charge in [-0.3, -0.25) is 20.3 Å². The summed E-state index contributed by atoms with van der Waals surface area (Å²) < 4.78 is 18.3. The van der Waals surface area contributed by atoms with E-state index in [0.717, 1.165) is 5.56 Å². The molecule has 0 spiro atoms. The van der Waals surface area contributed by atoms with Gasteiger partial charge in [0.2, 0.25) is 5.91 Å². The average Bonchev–Trinajstić information content (AvgIpc) is 2.66. The van der Waals surface area contributed by atoms with Crippen LogP contribution in [0.4, 0.5) is 9.18 Å². The lowest BCUT2D eigenvalue weighted by molar-refractivity contribution is -0.124. The SMILES string of the molecule is O=C(COc1ccccc1F)NNCC(=O)NC(=O)NCc1ccccc1. The van der Waals surface area contributed by atoms with Gasteiger partial charge in [-0.05, 0) is 17.7 Å². The Morgan fingerprint density at radius 3 is 2.37 bits per heavy atom. The summed E-state index contributed by atoms with van der Waals surface area (Å²) in [6.45, 7) is -0.491. The molecule has 142 valence electrons. The van der Waals surface area contributed by atoms with E-state index in [2.05, 4.69) is 21.5 Å². The standard InChI is InChI=1S/C18H19FN4O4/c19-14-8-4-5-9-15(14)27-12-17(25)23-21-11-16(24)22-18(26)20-10-13-6-2-1-3-7-13/h1-9,21H,10-12H2,(H,23,25)(H2,20,22,24,26). The normalized spacial score (nSPS) is 9.96. The molecule has 8 nitrogen and oxygen atoms in total. The second kappa shape index (κ2) is 10.5. The van der Waals surface area contributed by atoms with E-state index in [4.69, 9.17) is 4.74 Å². The van der Waals surface area contributed by atoms with Gasteiger partial charge in [0.15, 0.2) is 18.2 Å². The molecule has 0 aliphatic carbocycles. The molecule has 2 aromatic carbocycles. The number of rotatable bonds is 8. The van der Waals surface area contributed by atoms with Crippen molar-refractivity contribution in [3.8, 4) is 5.75 Å². The Hall–Kier alpha value is -3.46. The first kappa shape index (κ1) is 19.9. The molecule has 0 unspecified atom stereocenters. The number of benzene rings is 2. The van der Waals surface area contributed by atoms with Crippen LogP contribution in [0.5, 0.6) is 5.75 Å². The highest BCUT2D eigenvalue weighted by atomic mass is 19.1. The van der Waals surface area contributed by atoms with Crippen molar-refractivity contribution in [1.82, 2.24) is 21.5 Å². The first-order valence-electron chi connectivity index (χ1n) is 8.05. The average molecular weight is 374 g/mol. The number of carbonyl (C=O) groups is 3. The number of hydrogen-bond acceptors (Lipinski definition) is 5. The van der Waals surface area contributed by atoms with Gasteiger partial charge in [-0.1, -0.05) is 42.5 Å². The Bertz CT molecular complexity index is 786. The molecule has 0 radical (unpaired) electrons. The Morgan fingerprint density at radius 1 is 0.926 bits per heavy atom. The molecule has 4 amide bonds. The van der Waals surface area contributed by atoms with Crippen LogP contribution in [-0.2, 0) is 16.1 Å². The minimum Gasteiger partial charge on any atom is -0.481 e. The van der Waals surface area contributed by atoms with Crippen LogP contribution in [0.1, 0.15) is 5.56 Å². The minimum absolute atomic E-state index is 0.0551. The van der Waals surface area contributed by atoms with Crippen LogP contribution >= 0.6 is 0 Å². The molecule has 2 aromatic rings. The lowest BCUT2D eigenvalue weighted by Gasteiger charge is -2.10. The molecule has 2 rings (SSSR count). The second-order valence-electron chi connectivity index (χ2n) is 5.34. The number of amides is 4. The van der Waals surface area contributed by atoms with Crippen molar-refractivity contribution >= 4 is 17.8 Å². The highest BCUT2D eigenvalue weighted by molar-refractivity contribution is 5.95. The molecule has 0 bridgehead atoms. The first-order chi connectivity index (χ1) is 13.0. The third kappa shape index (κ3) is 7.53. The van der Waals surface area contributed by atoms with Crippen molar-refractivity contribution in [3.05, 3.63) is 66.0 Å². The fourth-order valence-corrected chi connectivity index (χ4v) is 1.96. The summed E-state index contributed by atoms with van der Waals surface area (Å²) in [4.78, 5) is 34.8. The smallest absolute Gasteiger partial charge is 0.321 e. The minimum atomic E-state index is -0.653. The van der Waals surface area contributed by atoms with E-state index < -0.39 is 30.3 Å². The topological polar surface area (TPSA) is 109 Å². The maximum absolute atomic E-state index is 13.3. The number of hydrazine groups is 1. The monoisotopic (exact) mass is 374 g/mol. The van der Waals surface area contributed by atoms with E-state index in [1.807, 2.05) is 30.3 Å². The number of ether oxygens (including phenoxy) is 1. The van der Waals surface area contributed by atoms with Crippen molar-refractivity contribution in [2.75, 3.05) is 13.2 Å². The number of imide groups is 1. The Morgan fingerprint density at radius 2 is 1.63 bits per heavy atom. The maximum atomic E-state index is 13.3. The summed E-state index contributed by atoms with van der Waals surface area (Å²) in [5.41, 5.74) is 5.44. The summed E-state index contributed by atoms with van der Waals surface area (Å²) in [5.74, 6) is -1.89. The highest BCUT2D eigenvalue weighted by Crippen LogP contribution is 2.14. The Balaban J connectivity index is 1.59. The third-order valence-corrected chi connectivity index (χ3v) is 3.22. The van der Waals surface area contributed by atoms with Crippen molar-refractivity contribution in [2.45, 2.75) is 6.54 Å². The number of hydrogen-bond donors (Lipinski definition) is 4. The fraction of sp³-hybridized carbons (Fsp3) is 0.167. The van der Waals surface area contributed by atoms with Gasteiger partial charge in [0.1, 0.15) is 0 Å². The summed E-state index contributed by atoms with van der Waals surface area (Å²) in [6, 6.07) is 14.2. The molecule has 9 heteroatoms. The van der Waals surface area contributed by atoms with Gasteiger partial charge in [0.25, 0.3) is 5.91 Å². The zero-order valence-electron chi connectivity index (χ0n) is 14.3. The van der Waals surface area contributed by atoms with Crippen LogP contribution in [-0.4, -0.2) is 31.0 Å². The van der Waals surface area contributed by atoms with Crippen LogP contribution in [0.3, 0.4) is 0 Å². The van der Waals surface area contributed by atoms with Gasteiger partial charge in [-0.15, -0.1) is 0 Å². The molecular weight excluding hydrogens is 355 g/mol. The zero-order chi connectivity index (χ0) is 19.5. The van der Waals surface area contributed by atoms with Gasteiger partial charge in [0.05, 0.1) is 6.54 Å². The number of halogens is 1. The quantitative estimate of drug-likeness (QED) is 0.513. The number of para-hydroxylation sites is 1. The summed E-state index contributed by atoms with van der Waals surface area (Å²) in [6.07, 6.45) is 0. The van der Waals surface area contributed by atoms with Gasteiger partial charge in [0, 0.05) is 6.54 Å². The summed E-state index contributed by atoms with van der Waals surface area (Å²) >= 11 is 0. The highest BCUT2D eigenvalue weighted by Gasteiger charge is 2.09. The van der Waals surface area contributed by atoms with E-state index in [9.17, 15) is 18.8 Å². The molecule has 0 saturated heterocycles. The van der Waals surface area contributed by atoms with Crippen LogP contribution in [0, 0.1) is 5.82 Å². The molecular formula is C18H19FN4O4. The number of nitrogens with one attached hydrogen (secondary N) is 4. The van der Waals surface area contributed by atoms with Gasteiger partial charge in [-0.2, -0.15) is 0 Å². The summed E-state index contributed by atoms with van der Waals surface area (Å²) in [7, 11) is 0. The molecule has 0 atom stereocenters. The van der Waals surface area contributed by atoms with Crippen molar-refractivity contribution < 1.29 is 23.5 Å². The van der Waals surface area contributed by atoms with Crippen molar-refractivity contribution in [1.29, 1.82) is 0 Å². The van der Waals surface area contributed by atoms with E-state index in [1.165, 1.54) is 18.2 Å². The largest absolute Gasteiger partial charge is 0.481 e. The second-order valence-corrected chi connectivity index (χ2v) is 5.34. The van der Waals surface area contributed by atoms with Crippen molar-refractivity contribution in [3.63, 3.8) is 0 Å². The first-order valence-corrected chi connectivity index (χ1v) is 8.05. The molecule has 0 aliphatic heterocycles. The van der Waals surface area contributed by atoms with Gasteiger partial charge in [-0.25, -0.2) is 14.6 Å². The number of urea groups is 1. The zero-order valence-corrected chi connectivity index (χ0v) is 14.3. The predicted molar refractivity (Wildman–Crippen MR) is 94.9 cm³/mol. The van der Waals surface area contributed by atoms with Crippen LogP contribution in [0.15, 0.2) is 54.6 Å². The maximum Gasteiger partial charge on any atom is 0.321 e.